The van der Waals surface area contributed by atoms with Gasteiger partial charge in [0.05, 0.1) is 23.3 Å². The molecule has 1 aromatic heterocycles. The topological polar surface area (TPSA) is 52.6 Å². The molecule has 0 radical (unpaired) electrons. The first kappa shape index (κ1) is 22.9. The van der Waals surface area contributed by atoms with Crippen molar-refractivity contribution < 1.29 is 0 Å². The zero-order valence-electron chi connectivity index (χ0n) is 17.3. The summed E-state index contributed by atoms with van der Waals surface area (Å²) in [5.74, 6) is 0.849. The van der Waals surface area contributed by atoms with Crippen LogP contribution in [0.4, 0.5) is 5.69 Å². The molecule has 1 atom stereocenters. The van der Waals surface area contributed by atoms with Gasteiger partial charge < -0.3 is 15.5 Å². The molecule has 2 aromatic rings. The molecule has 0 amide bonds. The summed E-state index contributed by atoms with van der Waals surface area (Å²) in [5, 5.41) is 8.02. The highest BCUT2D eigenvalue weighted by molar-refractivity contribution is 14.0. The largest absolute Gasteiger partial charge is 0.372 e. The predicted molar refractivity (Wildman–Crippen MR) is 131 cm³/mol. The molecule has 2 N–H and O–H groups in total. The lowest BCUT2D eigenvalue weighted by Crippen LogP contribution is -2.38. The van der Waals surface area contributed by atoms with Gasteiger partial charge in [0.2, 0.25) is 0 Å². The molecule has 28 heavy (non-hydrogen) atoms. The van der Waals surface area contributed by atoms with Crippen LogP contribution in [0.25, 0.3) is 0 Å². The maximum absolute atomic E-state index is 4.78. The Hall–Kier alpha value is -1.35. The zero-order valence-corrected chi connectivity index (χ0v) is 20.4. The van der Waals surface area contributed by atoms with Crippen molar-refractivity contribution in [3.05, 3.63) is 45.4 Å². The molecule has 5 nitrogen and oxygen atoms in total. The molecule has 154 valence electrons. The van der Waals surface area contributed by atoms with E-state index in [2.05, 4.69) is 65.6 Å². The fourth-order valence-corrected chi connectivity index (χ4v) is 4.31. The third-order valence-electron chi connectivity index (χ3n) is 4.92. The van der Waals surface area contributed by atoms with Gasteiger partial charge in [0.15, 0.2) is 5.96 Å². The van der Waals surface area contributed by atoms with Gasteiger partial charge >= 0.3 is 0 Å². The molecule has 0 spiro atoms. The quantitative estimate of drug-likeness (QED) is 0.331. The third-order valence-corrected chi connectivity index (χ3v) is 5.98. The lowest BCUT2D eigenvalue weighted by Gasteiger charge is -2.22. The number of rotatable bonds is 6. The Bertz CT molecular complexity index is 783. The Kier molecular flexibility index (Phi) is 9.01. The molecular weight excluding hydrogens is 481 g/mol. The standard InChI is InChI=1S/C21H31N5S.HI/c1-5-22-21(23-14-20-16(3)24-17(4)27-20)25-15(2)18-9-8-10-19(13-18)26-11-6-7-12-26;/h8-10,13,15H,5-7,11-12,14H2,1-4H3,(H2,22,23,25);1H. The summed E-state index contributed by atoms with van der Waals surface area (Å²) < 4.78 is 0. The number of guanidine groups is 1. The zero-order chi connectivity index (χ0) is 19.2. The van der Waals surface area contributed by atoms with Crippen LogP contribution >= 0.6 is 35.3 Å². The minimum atomic E-state index is 0. The highest BCUT2D eigenvalue weighted by atomic mass is 127. The van der Waals surface area contributed by atoms with Crippen LogP contribution in [0.1, 0.15) is 53.9 Å². The highest BCUT2D eigenvalue weighted by Crippen LogP contribution is 2.24. The summed E-state index contributed by atoms with van der Waals surface area (Å²) >= 11 is 1.73. The Morgan fingerprint density at radius 1 is 1.29 bits per heavy atom. The van der Waals surface area contributed by atoms with Crippen LogP contribution in [0, 0.1) is 13.8 Å². The van der Waals surface area contributed by atoms with E-state index >= 15 is 0 Å². The van der Waals surface area contributed by atoms with Gasteiger partial charge in [-0.05, 0) is 58.2 Å². The molecule has 7 heteroatoms. The van der Waals surface area contributed by atoms with E-state index < -0.39 is 0 Å². The Labute approximate surface area is 190 Å². The number of aromatic nitrogens is 1. The molecule has 1 fully saturated rings. The molecule has 0 saturated carbocycles. The van der Waals surface area contributed by atoms with Crippen molar-refractivity contribution in [3.63, 3.8) is 0 Å². The first-order chi connectivity index (χ1) is 13.1. The molecule has 0 aliphatic carbocycles. The van der Waals surface area contributed by atoms with Crippen LogP contribution in [0.2, 0.25) is 0 Å². The Morgan fingerprint density at radius 3 is 2.68 bits per heavy atom. The summed E-state index contributed by atoms with van der Waals surface area (Å²) in [6, 6.07) is 9.07. The molecule has 1 aliphatic heterocycles. The fraction of sp³-hybridized carbons (Fsp3) is 0.524. The van der Waals surface area contributed by atoms with E-state index in [0.29, 0.717) is 6.54 Å². The summed E-state index contributed by atoms with van der Waals surface area (Å²) in [4.78, 5) is 13.0. The Balaban J connectivity index is 0.00000280. The van der Waals surface area contributed by atoms with Crippen molar-refractivity contribution in [2.75, 3.05) is 24.5 Å². The van der Waals surface area contributed by atoms with Gasteiger partial charge in [-0.25, -0.2) is 9.98 Å². The maximum Gasteiger partial charge on any atom is 0.192 e. The van der Waals surface area contributed by atoms with Gasteiger partial charge in [-0.1, -0.05) is 12.1 Å². The van der Waals surface area contributed by atoms with Crippen molar-refractivity contribution in [2.45, 2.75) is 53.1 Å². The number of aliphatic imine (C=N–C) groups is 1. The maximum atomic E-state index is 4.78. The van der Waals surface area contributed by atoms with Crippen molar-refractivity contribution in [3.8, 4) is 0 Å². The minimum absolute atomic E-state index is 0. The minimum Gasteiger partial charge on any atom is -0.372 e. The van der Waals surface area contributed by atoms with Crippen LogP contribution in [-0.4, -0.2) is 30.6 Å². The predicted octanol–water partition coefficient (Wildman–Crippen LogP) is 4.79. The van der Waals surface area contributed by atoms with E-state index in [9.17, 15) is 0 Å². The number of anilines is 1. The van der Waals surface area contributed by atoms with Crippen molar-refractivity contribution in [2.24, 2.45) is 4.99 Å². The van der Waals surface area contributed by atoms with Gasteiger partial charge in [0.1, 0.15) is 0 Å². The number of hydrogen-bond acceptors (Lipinski definition) is 4. The molecule has 0 bridgehead atoms. The van der Waals surface area contributed by atoms with E-state index in [4.69, 9.17) is 4.99 Å². The second-order valence-corrected chi connectivity index (χ2v) is 8.38. The van der Waals surface area contributed by atoms with E-state index in [0.717, 1.165) is 23.2 Å². The van der Waals surface area contributed by atoms with Crippen molar-refractivity contribution in [1.82, 2.24) is 15.6 Å². The summed E-state index contributed by atoms with van der Waals surface area (Å²) in [6.07, 6.45) is 2.59. The summed E-state index contributed by atoms with van der Waals surface area (Å²) in [5.41, 5.74) is 3.70. The number of aryl methyl sites for hydroxylation is 2. The smallest absolute Gasteiger partial charge is 0.192 e. The molecule has 2 heterocycles. The van der Waals surface area contributed by atoms with Crippen molar-refractivity contribution >= 4 is 47.0 Å². The number of thiazole rings is 1. The van der Waals surface area contributed by atoms with Gasteiger partial charge in [-0.15, -0.1) is 35.3 Å². The highest BCUT2D eigenvalue weighted by Gasteiger charge is 2.14. The van der Waals surface area contributed by atoms with Crippen LogP contribution in [0.15, 0.2) is 29.3 Å². The van der Waals surface area contributed by atoms with E-state index in [1.165, 1.54) is 42.1 Å². The van der Waals surface area contributed by atoms with Gasteiger partial charge in [0, 0.05) is 30.2 Å². The van der Waals surface area contributed by atoms with E-state index in [1.54, 1.807) is 11.3 Å². The monoisotopic (exact) mass is 513 g/mol. The first-order valence-electron chi connectivity index (χ1n) is 9.89. The van der Waals surface area contributed by atoms with Crippen LogP contribution in [0.5, 0.6) is 0 Å². The molecule has 1 saturated heterocycles. The number of hydrogen-bond donors (Lipinski definition) is 2. The van der Waals surface area contributed by atoms with E-state index in [1.807, 2.05) is 6.92 Å². The second kappa shape index (κ2) is 11.0. The normalized spacial score (nSPS) is 15.3. The van der Waals surface area contributed by atoms with Crippen LogP contribution in [0.3, 0.4) is 0 Å². The number of nitrogens with one attached hydrogen (secondary N) is 2. The van der Waals surface area contributed by atoms with Crippen LogP contribution < -0.4 is 15.5 Å². The summed E-state index contributed by atoms with van der Waals surface area (Å²) in [7, 11) is 0. The molecule has 3 rings (SSSR count). The first-order valence-corrected chi connectivity index (χ1v) is 10.7. The van der Waals surface area contributed by atoms with Gasteiger partial charge in [-0.2, -0.15) is 0 Å². The summed E-state index contributed by atoms with van der Waals surface area (Å²) in [6.45, 7) is 12.2. The SMILES string of the molecule is CCNC(=NCc1sc(C)nc1C)NC(C)c1cccc(N2CCCC2)c1.I. The fourth-order valence-electron chi connectivity index (χ4n) is 3.45. The third kappa shape index (κ3) is 6.07. The average molecular weight is 513 g/mol. The number of halogens is 1. The van der Waals surface area contributed by atoms with E-state index in [-0.39, 0.29) is 30.0 Å². The van der Waals surface area contributed by atoms with Gasteiger partial charge in [0.25, 0.3) is 0 Å². The lowest BCUT2D eigenvalue weighted by molar-refractivity contribution is 0.686. The van der Waals surface area contributed by atoms with Gasteiger partial charge in [-0.3, -0.25) is 0 Å². The second-order valence-electron chi connectivity index (χ2n) is 7.09. The molecular formula is C21H32IN5S. The molecule has 1 unspecified atom stereocenters. The lowest BCUT2D eigenvalue weighted by atomic mass is 10.1. The number of benzene rings is 1. The molecule has 1 aromatic carbocycles. The van der Waals surface area contributed by atoms with Crippen molar-refractivity contribution in [1.29, 1.82) is 0 Å². The molecule has 1 aliphatic rings. The average Bonchev–Trinajstić information content (AvgIpc) is 3.29. The Morgan fingerprint density at radius 2 is 2.04 bits per heavy atom. The number of nitrogens with zero attached hydrogens (tertiary/aromatic N) is 3. The van der Waals surface area contributed by atoms with Crippen LogP contribution in [-0.2, 0) is 6.54 Å².